The van der Waals surface area contributed by atoms with Gasteiger partial charge in [0.15, 0.2) is 0 Å². The molecule has 28 heavy (non-hydrogen) atoms. The standard InChI is InChI=1S/C20H31N3O5/c1-10(24)22-7-11(8-22)16(25)21-15(19(2,3)4)17(26)23-9-12-13(20(12,5)6)14(23)18(27)28/h11-15H,7-9H2,1-6H3,(H,21,25)(H,27,28)/t12-,13-,14-,15+/m0/s1. The predicted molar refractivity (Wildman–Crippen MR) is 101 cm³/mol. The van der Waals surface area contributed by atoms with Crippen LogP contribution in [0.1, 0.15) is 41.5 Å². The van der Waals surface area contributed by atoms with Gasteiger partial charge in [-0.3, -0.25) is 14.4 Å². The van der Waals surface area contributed by atoms with Gasteiger partial charge in [0.25, 0.3) is 0 Å². The van der Waals surface area contributed by atoms with E-state index in [1.807, 2.05) is 34.6 Å². The molecule has 0 radical (unpaired) electrons. The number of carbonyl (C=O) groups is 4. The molecule has 3 aliphatic rings. The number of hydrogen-bond acceptors (Lipinski definition) is 4. The van der Waals surface area contributed by atoms with Gasteiger partial charge in [-0.15, -0.1) is 0 Å². The molecule has 3 rings (SSSR count). The van der Waals surface area contributed by atoms with Gasteiger partial charge in [0.1, 0.15) is 12.1 Å². The lowest BCUT2D eigenvalue weighted by Gasteiger charge is -2.41. The predicted octanol–water partition coefficient (Wildman–Crippen LogP) is 0.563. The highest BCUT2D eigenvalue weighted by atomic mass is 16.4. The van der Waals surface area contributed by atoms with Crippen LogP contribution >= 0.6 is 0 Å². The van der Waals surface area contributed by atoms with Crippen molar-refractivity contribution in [3.8, 4) is 0 Å². The number of carboxylic acids is 1. The quantitative estimate of drug-likeness (QED) is 0.726. The zero-order valence-corrected chi connectivity index (χ0v) is 17.5. The zero-order valence-electron chi connectivity index (χ0n) is 17.5. The van der Waals surface area contributed by atoms with Crippen molar-refractivity contribution in [1.29, 1.82) is 0 Å². The summed E-state index contributed by atoms with van der Waals surface area (Å²) in [5.41, 5.74) is -0.634. The topological polar surface area (TPSA) is 107 Å². The molecule has 0 aromatic carbocycles. The Morgan fingerprint density at radius 3 is 2.14 bits per heavy atom. The molecule has 0 bridgehead atoms. The Morgan fingerprint density at radius 1 is 1.11 bits per heavy atom. The molecule has 0 aromatic rings. The van der Waals surface area contributed by atoms with Crippen molar-refractivity contribution in [2.24, 2.45) is 28.6 Å². The first-order valence-corrected chi connectivity index (χ1v) is 9.86. The summed E-state index contributed by atoms with van der Waals surface area (Å²) in [6.45, 7) is 12.2. The van der Waals surface area contributed by atoms with Crippen LogP contribution in [0.25, 0.3) is 0 Å². The lowest BCUT2D eigenvalue weighted by molar-refractivity contribution is -0.153. The smallest absolute Gasteiger partial charge is 0.326 e. The Balaban J connectivity index is 1.72. The SMILES string of the molecule is CC(=O)N1CC(C(=O)N[C@H](C(=O)N2C[C@H]3[C@@H]([C@H]2C(=O)O)C3(C)C)C(C)(C)C)C1. The van der Waals surface area contributed by atoms with Gasteiger partial charge < -0.3 is 20.2 Å². The molecular weight excluding hydrogens is 362 g/mol. The van der Waals surface area contributed by atoms with Crippen molar-refractivity contribution in [3.05, 3.63) is 0 Å². The maximum atomic E-state index is 13.3. The molecule has 1 aliphatic carbocycles. The Hall–Kier alpha value is -2.12. The number of aliphatic carboxylic acids is 1. The van der Waals surface area contributed by atoms with Crippen molar-refractivity contribution < 1.29 is 24.3 Å². The highest BCUT2D eigenvalue weighted by molar-refractivity contribution is 5.93. The third kappa shape index (κ3) is 3.26. The molecule has 2 N–H and O–H groups in total. The van der Waals surface area contributed by atoms with E-state index in [1.165, 1.54) is 11.8 Å². The Kier molecular flexibility index (Phi) is 4.75. The van der Waals surface area contributed by atoms with Crippen LogP contribution < -0.4 is 5.32 Å². The number of likely N-dealkylation sites (tertiary alicyclic amines) is 2. The summed E-state index contributed by atoms with van der Waals surface area (Å²) in [6.07, 6.45) is 0. The van der Waals surface area contributed by atoms with Crippen molar-refractivity contribution in [2.45, 2.75) is 53.6 Å². The van der Waals surface area contributed by atoms with Gasteiger partial charge in [0.2, 0.25) is 17.7 Å². The maximum absolute atomic E-state index is 13.3. The van der Waals surface area contributed by atoms with E-state index in [9.17, 15) is 24.3 Å². The fourth-order valence-electron chi connectivity index (χ4n) is 4.77. The fraction of sp³-hybridized carbons (Fsp3) is 0.800. The minimum Gasteiger partial charge on any atom is -0.480 e. The van der Waals surface area contributed by atoms with Crippen molar-refractivity contribution in [1.82, 2.24) is 15.1 Å². The second-order valence-electron chi connectivity index (χ2n) is 10.2. The number of piperidine rings is 1. The number of nitrogens with one attached hydrogen (secondary N) is 1. The van der Waals surface area contributed by atoms with Crippen LogP contribution in [-0.4, -0.2) is 70.3 Å². The summed E-state index contributed by atoms with van der Waals surface area (Å²) >= 11 is 0. The normalized spacial score (nSPS) is 29.6. The summed E-state index contributed by atoms with van der Waals surface area (Å²) in [7, 11) is 0. The largest absolute Gasteiger partial charge is 0.480 e. The molecule has 156 valence electrons. The second-order valence-corrected chi connectivity index (χ2v) is 10.2. The van der Waals surface area contributed by atoms with Crippen LogP contribution in [0.3, 0.4) is 0 Å². The Morgan fingerprint density at radius 2 is 1.68 bits per heavy atom. The van der Waals surface area contributed by atoms with E-state index < -0.39 is 23.5 Å². The number of fused-ring (bicyclic) bond motifs is 1. The molecule has 2 aliphatic heterocycles. The monoisotopic (exact) mass is 393 g/mol. The molecule has 2 saturated heterocycles. The van der Waals surface area contributed by atoms with E-state index in [1.54, 1.807) is 4.90 Å². The molecule has 8 heteroatoms. The van der Waals surface area contributed by atoms with Crippen LogP contribution in [-0.2, 0) is 19.2 Å². The first-order valence-electron chi connectivity index (χ1n) is 9.86. The Labute approximate surface area is 165 Å². The van der Waals surface area contributed by atoms with E-state index in [0.29, 0.717) is 19.6 Å². The average Bonchev–Trinajstić information content (AvgIpc) is 2.88. The summed E-state index contributed by atoms with van der Waals surface area (Å²) < 4.78 is 0. The minimum atomic E-state index is -0.985. The fourth-order valence-corrected chi connectivity index (χ4v) is 4.77. The summed E-state index contributed by atoms with van der Waals surface area (Å²) in [6, 6.07) is -1.65. The number of carboxylic acid groups (broad SMARTS) is 1. The van der Waals surface area contributed by atoms with Gasteiger partial charge >= 0.3 is 5.97 Å². The van der Waals surface area contributed by atoms with E-state index in [-0.39, 0.29) is 40.9 Å². The van der Waals surface area contributed by atoms with Crippen LogP contribution in [0.15, 0.2) is 0 Å². The van der Waals surface area contributed by atoms with Crippen LogP contribution in [0.5, 0.6) is 0 Å². The Bertz CT molecular complexity index is 720. The molecule has 4 atom stereocenters. The number of rotatable bonds is 4. The highest BCUT2D eigenvalue weighted by Gasteiger charge is 2.70. The van der Waals surface area contributed by atoms with Gasteiger partial charge in [0.05, 0.1) is 5.92 Å². The number of hydrogen-bond donors (Lipinski definition) is 2. The molecule has 0 unspecified atom stereocenters. The lowest BCUT2D eigenvalue weighted by Crippen LogP contribution is -2.62. The molecule has 1 saturated carbocycles. The lowest BCUT2D eigenvalue weighted by atomic mass is 9.84. The van der Waals surface area contributed by atoms with Crippen LogP contribution in [0.2, 0.25) is 0 Å². The first-order chi connectivity index (χ1) is 12.8. The van der Waals surface area contributed by atoms with Crippen molar-refractivity contribution in [2.75, 3.05) is 19.6 Å². The van der Waals surface area contributed by atoms with Gasteiger partial charge in [-0.05, 0) is 16.7 Å². The second kappa shape index (κ2) is 6.46. The molecule has 8 nitrogen and oxygen atoms in total. The van der Waals surface area contributed by atoms with E-state index in [0.717, 1.165) is 0 Å². The van der Waals surface area contributed by atoms with E-state index >= 15 is 0 Å². The summed E-state index contributed by atoms with van der Waals surface area (Å²) in [5, 5.41) is 12.6. The van der Waals surface area contributed by atoms with Crippen LogP contribution in [0.4, 0.5) is 0 Å². The molecule has 0 aromatic heterocycles. The zero-order chi connectivity index (χ0) is 21.2. The van der Waals surface area contributed by atoms with Crippen molar-refractivity contribution in [3.63, 3.8) is 0 Å². The minimum absolute atomic E-state index is 0.0407. The molecule has 3 fully saturated rings. The van der Waals surface area contributed by atoms with Crippen LogP contribution in [0, 0.1) is 28.6 Å². The maximum Gasteiger partial charge on any atom is 0.326 e. The first kappa shape index (κ1) is 20.6. The molecule has 3 amide bonds. The van der Waals surface area contributed by atoms with E-state index in [4.69, 9.17) is 0 Å². The highest BCUT2D eigenvalue weighted by Crippen LogP contribution is 2.65. The third-order valence-corrected chi connectivity index (χ3v) is 6.84. The molecule has 0 spiro atoms. The van der Waals surface area contributed by atoms with Gasteiger partial charge in [0, 0.05) is 32.5 Å². The molecule has 2 heterocycles. The van der Waals surface area contributed by atoms with Crippen molar-refractivity contribution >= 4 is 23.7 Å². The summed E-state index contributed by atoms with van der Waals surface area (Å²) in [4.78, 5) is 52.2. The average molecular weight is 393 g/mol. The van der Waals surface area contributed by atoms with Gasteiger partial charge in [-0.1, -0.05) is 34.6 Å². The third-order valence-electron chi connectivity index (χ3n) is 6.84. The van der Waals surface area contributed by atoms with E-state index in [2.05, 4.69) is 5.32 Å². The number of carbonyl (C=O) groups excluding carboxylic acids is 3. The number of nitrogens with zero attached hydrogens (tertiary/aromatic N) is 2. The molecular formula is C20H31N3O5. The van der Waals surface area contributed by atoms with Gasteiger partial charge in [-0.25, -0.2) is 4.79 Å². The summed E-state index contributed by atoms with van der Waals surface area (Å²) in [5.74, 6) is -1.84. The van der Waals surface area contributed by atoms with Gasteiger partial charge in [-0.2, -0.15) is 0 Å². The number of amides is 3.